The van der Waals surface area contributed by atoms with Gasteiger partial charge in [0.25, 0.3) is 10.0 Å². The first-order valence-corrected chi connectivity index (χ1v) is 14.9. The summed E-state index contributed by atoms with van der Waals surface area (Å²) in [6.45, 7) is 5.50. The van der Waals surface area contributed by atoms with Crippen molar-refractivity contribution >= 4 is 43.5 Å². The molecule has 1 N–H and O–H groups in total. The number of para-hydroxylation sites is 2. The maximum Gasteiger partial charge on any atom is 0.264 e. The maximum absolute atomic E-state index is 14.0. The lowest BCUT2D eigenvalue weighted by Gasteiger charge is -2.32. The fraction of sp³-hybridized carbons (Fsp3) is 0.310. The topological polar surface area (TPSA) is 96.0 Å². The summed E-state index contributed by atoms with van der Waals surface area (Å²) in [4.78, 5) is 28.3. The van der Waals surface area contributed by atoms with Crippen molar-refractivity contribution in [3.63, 3.8) is 0 Å². The lowest BCUT2D eigenvalue weighted by atomic mass is 10.1. The molecule has 0 spiro atoms. The number of ether oxygens (including phenoxy) is 1. The number of nitrogens with one attached hydrogen (secondary N) is 1. The van der Waals surface area contributed by atoms with Crippen molar-refractivity contribution in [2.24, 2.45) is 0 Å². The number of methoxy groups -OCH3 is 1. The number of rotatable bonds is 12. The van der Waals surface area contributed by atoms with Gasteiger partial charge in [-0.25, -0.2) is 8.42 Å². The highest BCUT2D eigenvalue weighted by atomic mass is 79.9. The van der Waals surface area contributed by atoms with E-state index in [0.717, 1.165) is 26.3 Å². The monoisotopic (exact) mass is 615 g/mol. The highest BCUT2D eigenvalue weighted by Gasteiger charge is 2.33. The molecule has 0 aliphatic rings. The molecule has 3 rings (SSSR count). The zero-order valence-electron chi connectivity index (χ0n) is 22.6. The number of aryl methyl sites for hydroxylation is 1. The van der Waals surface area contributed by atoms with Crippen LogP contribution < -0.4 is 14.4 Å². The van der Waals surface area contributed by atoms with Gasteiger partial charge in [-0.05, 0) is 62.2 Å². The smallest absolute Gasteiger partial charge is 0.264 e. The number of anilines is 1. The Balaban J connectivity index is 2.06. The normalized spacial score (nSPS) is 11.9. The van der Waals surface area contributed by atoms with Crippen molar-refractivity contribution in [2.75, 3.05) is 24.5 Å². The van der Waals surface area contributed by atoms with Gasteiger partial charge in [0.15, 0.2) is 0 Å². The third-order valence-corrected chi connectivity index (χ3v) is 8.47. The van der Waals surface area contributed by atoms with Gasteiger partial charge in [-0.15, -0.1) is 0 Å². The SMILES string of the molecule is CCCNC(=O)C(C)N(Cc1cccc(Br)c1)C(=O)CN(c1ccccc1OC)S(=O)(=O)c1ccc(C)cc1. The molecule has 2 amide bonds. The summed E-state index contributed by atoms with van der Waals surface area (Å²) in [6, 6.07) is 19.6. The Hall–Kier alpha value is -3.37. The van der Waals surface area contributed by atoms with E-state index >= 15 is 0 Å². The minimum Gasteiger partial charge on any atom is -0.495 e. The molecule has 0 heterocycles. The maximum atomic E-state index is 14.0. The predicted octanol–water partition coefficient (Wildman–Crippen LogP) is 4.90. The number of benzene rings is 3. The minimum atomic E-state index is -4.17. The van der Waals surface area contributed by atoms with Crippen molar-refractivity contribution in [3.8, 4) is 5.75 Å². The fourth-order valence-electron chi connectivity index (χ4n) is 4.00. The van der Waals surface area contributed by atoms with E-state index in [9.17, 15) is 18.0 Å². The average molecular weight is 617 g/mol. The van der Waals surface area contributed by atoms with E-state index in [1.165, 1.54) is 24.1 Å². The summed E-state index contributed by atoms with van der Waals surface area (Å²) in [6.07, 6.45) is 0.744. The van der Waals surface area contributed by atoms with Crippen LogP contribution >= 0.6 is 15.9 Å². The van der Waals surface area contributed by atoms with Crippen molar-refractivity contribution in [2.45, 2.75) is 44.7 Å². The fourth-order valence-corrected chi connectivity index (χ4v) is 5.87. The number of carbonyl (C=O) groups excluding carboxylic acids is 2. The van der Waals surface area contributed by atoms with Crippen molar-refractivity contribution in [1.82, 2.24) is 10.2 Å². The van der Waals surface area contributed by atoms with Gasteiger partial charge in [0.05, 0.1) is 17.7 Å². The molecule has 0 saturated carbocycles. The van der Waals surface area contributed by atoms with E-state index in [-0.39, 0.29) is 23.0 Å². The molecule has 0 aromatic heterocycles. The van der Waals surface area contributed by atoms with Crippen LogP contribution in [0, 0.1) is 6.92 Å². The van der Waals surface area contributed by atoms with E-state index in [2.05, 4.69) is 21.2 Å². The van der Waals surface area contributed by atoms with Crippen LogP contribution in [0.15, 0.2) is 82.2 Å². The third kappa shape index (κ3) is 7.60. The van der Waals surface area contributed by atoms with Gasteiger partial charge in [-0.3, -0.25) is 13.9 Å². The number of amides is 2. The summed E-state index contributed by atoms with van der Waals surface area (Å²) >= 11 is 3.45. The van der Waals surface area contributed by atoms with Crippen LogP contribution in [0.25, 0.3) is 0 Å². The van der Waals surface area contributed by atoms with Gasteiger partial charge < -0.3 is 15.0 Å². The lowest BCUT2D eigenvalue weighted by Crippen LogP contribution is -2.51. The first kappa shape index (κ1) is 30.2. The molecule has 39 heavy (non-hydrogen) atoms. The van der Waals surface area contributed by atoms with Crippen LogP contribution in [0.5, 0.6) is 5.75 Å². The third-order valence-electron chi connectivity index (χ3n) is 6.20. The average Bonchev–Trinajstić information content (AvgIpc) is 2.93. The molecule has 0 bridgehead atoms. The number of nitrogens with zero attached hydrogens (tertiary/aromatic N) is 2. The number of hydrogen-bond acceptors (Lipinski definition) is 5. The van der Waals surface area contributed by atoms with Gasteiger partial charge in [-0.1, -0.05) is 64.8 Å². The van der Waals surface area contributed by atoms with Gasteiger partial charge in [0, 0.05) is 17.6 Å². The molecule has 3 aromatic carbocycles. The van der Waals surface area contributed by atoms with Crippen molar-refractivity contribution in [3.05, 3.63) is 88.4 Å². The Morgan fingerprint density at radius 2 is 1.72 bits per heavy atom. The molecule has 0 radical (unpaired) electrons. The number of sulfonamides is 1. The van der Waals surface area contributed by atoms with Crippen LogP contribution in [0.3, 0.4) is 0 Å². The van der Waals surface area contributed by atoms with E-state index in [4.69, 9.17) is 4.74 Å². The minimum absolute atomic E-state index is 0.0408. The molecule has 10 heteroatoms. The van der Waals surface area contributed by atoms with Gasteiger partial charge in [0.1, 0.15) is 18.3 Å². The predicted molar refractivity (Wildman–Crippen MR) is 156 cm³/mol. The van der Waals surface area contributed by atoms with E-state index in [1.807, 2.05) is 38.1 Å². The van der Waals surface area contributed by atoms with Crippen LogP contribution in [0.2, 0.25) is 0 Å². The molecule has 0 fully saturated rings. The molecule has 0 aliphatic heterocycles. The Morgan fingerprint density at radius 3 is 2.36 bits per heavy atom. The molecule has 0 saturated heterocycles. The van der Waals surface area contributed by atoms with E-state index < -0.39 is 28.5 Å². The van der Waals surface area contributed by atoms with E-state index in [0.29, 0.717) is 12.3 Å². The highest BCUT2D eigenvalue weighted by Crippen LogP contribution is 2.32. The van der Waals surface area contributed by atoms with E-state index in [1.54, 1.807) is 43.3 Å². The molecule has 3 aromatic rings. The standard InChI is InChI=1S/C29H34BrN3O5S/c1-5-17-31-29(35)22(3)32(19-23-9-8-10-24(30)18-23)28(34)20-33(26-11-6-7-12-27(26)38-4)39(36,37)25-15-13-21(2)14-16-25/h6-16,18,22H,5,17,19-20H2,1-4H3,(H,31,35). The molecule has 1 atom stereocenters. The first-order valence-electron chi connectivity index (χ1n) is 12.6. The number of halogens is 1. The molecule has 1 unspecified atom stereocenters. The molecule has 0 aliphatic carbocycles. The Kier molecular flexibility index (Phi) is 10.5. The second-order valence-electron chi connectivity index (χ2n) is 9.12. The van der Waals surface area contributed by atoms with Gasteiger partial charge in [-0.2, -0.15) is 0 Å². The number of hydrogen-bond donors (Lipinski definition) is 1. The Labute approximate surface area is 239 Å². The Morgan fingerprint density at radius 1 is 1.03 bits per heavy atom. The lowest BCUT2D eigenvalue weighted by molar-refractivity contribution is -0.139. The molecular weight excluding hydrogens is 582 g/mol. The largest absolute Gasteiger partial charge is 0.495 e. The van der Waals surface area contributed by atoms with Gasteiger partial charge >= 0.3 is 0 Å². The van der Waals surface area contributed by atoms with Crippen molar-refractivity contribution < 1.29 is 22.7 Å². The highest BCUT2D eigenvalue weighted by molar-refractivity contribution is 9.10. The summed E-state index contributed by atoms with van der Waals surface area (Å²) in [5.41, 5.74) is 1.92. The summed E-state index contributed by atoms with van der Waals surface area (Å²) in [5, 5.41) is 2.84. The number of carbonyl (C=O) groups is 2. The van der Waals surface area contributed by atoms with Crippen LogP contribution in [0.1, 0.15) is 31.4 Å². The first-order chi connectivity index (χ1) is 18.6. The van der Waals surface area contributed by atoms with Gasteiger partial charge in [0.2, 0.25) is 11.8 Å². The summed E-state index contributed by atoms with van der Waals surface area (Å²) in [7, 11) is -2.73. The molecule has 208 valence electrons. The van der Waals surface area contributed by atoms with Crippen LogP contribution in [-0.4, -0.2) is 51.4 Å². The van der Waals surface area contributed by atoms with Crippen LogP contribution in [-0.2, 0) is 26.2 Å². The second kappa shape index (κ2) is 13.6. The summed E-state index contributed by atoms with van der Waals surface area (Å²) in [5.74, 6) is -0.547. The quantitative estimate of drug-likeness (QED) is 0.312. The zero-order chi connectivity index (χ0) is 28.6. The van der Waals surface area contributed by atoms with Crippen molar-refractivity contribution in [1.29, 1.82) is 0 Å². The second-order valence-corrected chi connectivity index (χ2v) is 11.9. The Bertz CT molecular complexity index is 1400. The zero-order valence-corrected chi connectivity index (χ0v) is 25.0. The molecule has 8 nitrogen and oxygen atoms in total. The molecular formula is C29H34BrN3O5S. The summed E-state index contributed by atoms with van der Waals surface area (Å²) < 4.78 is 35.2. The van der Waals surface area contributed by atoms with Crippen LogP contribution in [0.4, 0.5) is 5.69 Å².